The topological polar surface area (TPSA) is 38.5 Å². The monoisotopic (exact) mass is 182 g/mol. The van der Waals surface area contributed by atoms with E-state index < -0.39 is 0 Å². The van der Waals surface area contributed by atoms with Crippen molar-refractivity contribution in [1.29, 1.82) is 0 Å². The third-order valence-corrected chi connectivity index (χ3v) is 2.67. The van der Waals surface area contributed by atoms with Gasteiger partial charge in [-0.05, 0) is 17.9 Å². The molecule has 0 saturated heterocycles. The van der Waals surface area contributed by atoms with Crippen molar-refractivity contribution in [1.82, 2.24) is 0 Å². The summed E-state index contributed by atoms with van der Waals surface area (Å²) in [6.45, 7) is 2.06. The predicted molar refractivity (Wildman–Crippen MR) is 49.7 cm³/mol. The Morgan fingerprint density at radius 3 is 2.92 bits per heavy atom. The molecule has 0 spiro atoms. The van der Waals surface area contributed by atoms with Crippen LogP contribution in [0.3, 0.4) is 0 Å². The van der Waals surface area contributed by atoms with E-state index in [1.165, 1.54) is 5.56 Å². The summed E-state index contributed by atoms with van der Waals surface area (Å²) in [5.74, 6) is 0. The molecule has 1 atom stereocenters. The van der Waals surface area contributed by atoms with Gasteiger partial charge in [0.1, 0.15) is 6.26 Å². The summed E-state index contributed by atoms with van der Waals surface area (Å²) in [7, 11) is 0. The van der Waals surface area contributed by atoms with E-state index in [0.717, 1.165) is 5.69 Å². The molecular weight excluding hydrogens is 172 g/mol. The molecule has 1 aliphatic heterocycles. The van der Waals surface area contributed by atoms with Gasteiger partial charge in [-0.15, -0.1) is 11.3 Å². The molecule has 0 saturated carbocycles. The van der Waals surface area contributed by atoms with Crippen LogP contribution in [0.2, 0.25) is 0 Å². The number of nitrogens with zero attached hydrogens (tertiary/aromatic N) is 1. The molecule has 0 fully saturated rings. The zero-order valence-corrected chi connectivity index (χ0v) is 7.54. The Morgan fingerprint density at radius 1 is 1.58 bits per heavy atom. The van der Waals surface area contributed by atoms with E-state index in [0.29, 0.717) is 0 Å². The minimum atomic E-state index is -0.363. The van der Waals surface area contributed by atoms with Gasteiger partial charge in [-0.2, -0.15) is 0 Å². The van der Waals surface area contributed by atoms with E-state index in [2.05, 4.69) is 17.7 Å². The number of hydrogen-bond donors (Lipinski definition) is 1. The zero-order chi connectivity index (χ0) is 8.55. The number of rotatable bonds is 1. The van der Waals surface area contributed by atoms with E-state index in [9.17, 15) is 0 Å². The Morgan fingerprint density at radius 2 is 2.42 bits per heavy atom. The Labute approximate surface area is 75.0 Å². The van der Waals surface area contributed by atoms with Crippen molar-refractivity contribution in [3.05, 3.63) is 28.8 Å². The second-order valence-corrected chi connectivity index (χ2v) is 3.40. The number of anilines is 1. The van der Waals surface area contributed by atoms with E-state index in [-0.39, 0.29) is 6.35 Å². The van der Waals surface area contributed by atoms with Crippen molar-refractivity contribution in [3.63, 3.8) is 0 Å². The van der Waals surface area contributed by atoms with Gasteiger partial charge in [-0.25, -0.2) is 0 Å². The van der Waals surface area contributed by atoms with E-state index in [1.807, 2.05) is 11.1 Å². The SMILES string of the molecule is Cc1cscc1N1C=COC1N. The van der Waals surface area contributed by atoms with Crippen molar-refractivity contribution in [2.24, 2.45) is 5.73 Å². The van der Waals surface area contributed by atoms with Gasteiger partial charge in [0.2, 0.25) is 6.35 Å². The van der Waals surface area contributed by atoms with Crippen LogP contribution >= 0.6 is 11.3 Å². The van der Waals surface area contributed by atoms with Gasteiger partial charge >= 0.3 is 0 Å². The Balaban J connectivity index is 2.30. The molecular formula is C8H10N2OS. The number of thiophene rings is 1. The first kappa shape index (κ1) is 7.64. The van der Waals surface area contributed by atoms with Crippen LogP contribution in [-0.2, 0) is 4.74 Å². The van der Waals surface area contributed by atoms with Crippen molar-refractivity contribution >= 4 is 17.0 Å². The molecule has 2 N–H and O–H groups in total. The maximum atomic E-state index is 5.68. The van der Waals surface area contributed by atoms with E-state index in [4.69, 9.17) is 10.5 Å². The lowest BCUT2D eigenvalue weighted by Gasteiger charge is -2.19. The summed E-state index contributed by atoms with van der Waals surface area (Å²) in [5.41, 5.74) is 8.04. The summed E-state index contributed by atoms with van der Waals surface area (Å²) in [6, 6.07) is 0. The molecule has 0 aliphatic carbocycles. The standard InChI is InChI=1S/C8H10N2OS/c1-6-4-12-5-7(6)10-2-3-11-8(10)9/h2-5,8H,9H2,1H3. The van der Waals surface area contributed by atoms with Gasteiger partial charge in [0, 0.05) is 11.6 Å². The first-order chi connectivity index (χ1) is 5.79. The van der Waals surface area contributed by atoms with Crippen LogP contribution in [0.1, 0.15) is 5.56 Å². The molecule has 1 aliphatic rings. The molecule has 12 heavy (non-hydrogen) atoms. The normalized spacial score (nSPS) is 21.5. The molecule has 0 radical (unpaired) electrons. The summed E-state index contributed by atoms with van der Waals surface area (Å²) in [6.07, 6.45) is 3.10. The van der Waals surface area contributed by atoms with Gasteiger partial charge in [0.05, 0.1) is 5.69 Å². The van der Waals surface area contributed by atoms with Crippen LogP contribution in [0, 0.1) is 6.92 Å². The Bertz CT molecular complexity index is 308. The lowest BCUT2D eigenvalue weighted by atomic mass is 10.3. The third-order valence-electron chi connectivity index (χ3n) is 1.82. The smallest absolute Gasteiger partial charge is 0.230 e. The van der Waals surface area contributed by atoms with Crippen LogP contribution in [0.25, 0.3) is 0 Å². The molecule has 1 unspecified atom stereocenters. The van der Waals surface area contributed by atoms with Crippen molar-refractivity contribution in [2.45, 2.75) is 13.3 Å². The molecule has 0 amide bonds. The first-order valence-electron chi connectivity index (χ1n) is 3.68. The highest BCUT2D eigenvalue weighted by molar-refractivity contribution is 7.08. The van der Waals surface area contributed by atoms with Gasteiger partial charge in [0.25, 0.3) is 0 Å². The molecule has 3 nitrogen and oxygen atoms in total. The van der Waals surface area contributed by atoms with Crippen LogP contribution in [0.4, 0.5) is 5.69 Å². The van der Waals surface area contributed by atoms with Gasteiger partial charge in [-0.1, -0.05) is 0 Å². The molecule has 1 aromatic rings. The lowest BCUT2D eigenvalue weighted by molar-refractivity contribution is 0.178. The molecule has 64 valence electrons. The minimum Gasteiger partial charge on any atom is -0.463 e. The fourth-order valence-electron chi connectivity index (χ4n) is 1.17. The minimum absolute atomic E-state index is 0.363. The molecule has 0 aromatic carbocycles. The first-order valence-corrected chi connectivity index (χ1v) is 4.62. The number of nitrogens with two attached hydrogens (primary N) is 1. The maximum Gasteiger partial charge on any atom is 0.230 e. The average molecular weight is 182 g/mol. The molecule has 4 heteroatoms. The quantitative estimate of drug-likeness (QED) is 0.717. The molecule has 2 heterocycles. The summed E-state index contributed by atoms with van der Waals surface area (Å²) in [4.78, 5) is 1.91. The van der Waals surface area contributed by atoms with Gasteiger partial charge in [-0.3, -0.25) is 10.6 Å². The second kappa shape index (κ2) is 2.80. The summed E-state index contributed by atoms with van der Waals surface area (Å²) < 4.78 is 5.07. The number of hydrogen-bond acceptors (Lipinski definition) is 4. The largest absolute Gasteiger partial charge is 0.463 e. The lowest BCUT2D eigenvalue weighted by Crippen LogP contribution is -2.35. The highest BCUT2D eigenvalue weighted by Crippen LogP contribution is 2.27. The van der Waals surface area contributed by atoms with Crippen molar-refractivity contribution in [3.8, 4) is 0 Å². The van der Waals surface area contributed by atoms with Crippen molar-refractivity contribution in [2.75, 3.05) is 4.90 Å². The van der Waals surface area contributed by atoms with Crippen molar-refractivity contribution < 1.29 is 4.74 Å². The fraction of sp³-hybridized carbons (Fsp3) is 0.250. The summed E-state index contributed by atoms with van der Waals surface area (Å²) >= 11 is 1.67. The average Bonchev–Trinajstić information content (AvgIpc) is 2.59. The van der Waals surface area contributed by atoms with Crippen LogP contribution < -0.4 is 10.6 Å². The molecule has 2 rings (SSSR count). The number of aryl methyl sites for hydroxylation is 1. The molecule has 1 aromatic heterocycles. The highest BCUT2D eigenvalue weighted by atomic mass is 32.1. The van der Waals surface area contributed by atoms with Crippen LogP contribution in [0.15, 0.2) is 23.2 Å². The van der Waals surface area contributed by atoms with E-state index in [1.54, 1.807) is 17.6 Å². The maximum absolute atomic E-state index is 5.68. The van der Waals surface area contributed by atoms with Gasteiger partial charge < -0.3 is 4.74 Å². The van der Waals surface area contributed by atoms with Crippen LogP contribution in [-0.4, -0.2) is 6.35 Å². The van der Waals surface area contributed by atoms with Gasteiger partial charge in [0.15, 0.2) is 0 Å². The zero-order valence-electron chi connectivity index (χ0n) is 6.73. The molecule has 0 bridgehead atoms. The van der Waals surface area contributed by atoms with E-state index >= 15 is 0 Å². The van der Waals surface area contributed by atoms with Crippen LogP contribution in [0.5, 0.6) is 0 Å². The predicted octanol–water partition coefficient (Wildman–Crippen LogP) is 1.61. The Kier molecular flexibility index (Phi) is 1.78. The summed E-state index contributed by atoms with van der Waals surface area (Å²) in [5, 5.41) is 4.16. The Hall–Kier alpha value is -1.00. The fourth-order valence-corrected chi connectivity index (χ4v) is 2.00. The third kappa shape index (κ3) is 1.09. The highest BCUT2D eigenvalue weighted by Gasteiger charge is 2.19. The second-order valence-electron chi connectivity index (χ2n) is 2.66. The number of ether oxygens (including phenoxy) is 1.